The number of unbranched alkanes of at least 4 members (excludes halogenated alkanes) is 1. The van der Waals surface area contributed by atoms with E-state index in [1.54, 1.807) is 0 Å². The SMILES string of the molecule is CCCCC(=O)NCC1(N)CCC1. The molecule has 0 atom stereocenters. The van der Waals surface area contributed by atoms with Crippen molar-refractivity contribution in [2.24, 2.45) is 5.73 Å². The van der Waals surface area contributed by atoms with Crippen LogP contribution in [0.15, 0.2) is 0 Å². The summed E-state index contributed by atoms with van der Waals surface area (Å²) in [6.07, 6.45) is 6.01. The van der Waals surface area contributed by atoms with Gasteiger partial charge in [0.1, 0.15) is 0 Å². The zero-order valence-electron chi connectivity index (χ0n) is 8.44. The van der Waals surface area contributed by atoms with E-state index in [0.717, 1.165) is 25.7 Å². The predicted molar refractivity (Wildman–Crippen MR) is 53.3 cm³/mol. The largest absolute Gasteiger partial charge is 0.354 e. The third kappa shape index (κ3) is 3.35. The molecule has 76 valence electrons. The third-order valence-corrected chi connectivity index (χ3v) is 2.74. The molecule has 0 aromatic rings. The van der Waals surface area contributed by atoms with Crippen LogP contribution >= 0.6 is 0 Å². The minimum Gasteiger partial charge on any atom is -0.354 e. The highest BCUT2D eigenvalue weighted by Crippen LogP contribution is 2.27. The number of carbonyl (C=O) groups is 1. The van der Waals surface area contributed by atoms with Crippen molar-refractivity contribution >= 4 is 5.91 Å². The van der Waals surface area contributed by atoms with Gasteiger partial charge in [-0.15, -0.1) is 0 Å². The molecule has 3 nitrogen and oxygen atoms in total. The molecular weight excluding hydrogens is 164 g/mol. The summed E-state index contributed by atoms with van der Waals surface area (Å²) >= 11 is 0. The van der Waals surface area contributed by atoms with Crippen LogP contribution < -0.4 is 11.1 Å². The average molecular weight is 184 g/mol. The van der Waals surface area contributed by atoms with Gasteiger partial charge in [-0.25, -0.2) is 0 Å². The molecule has 0 aromatic carbocycles. The fourth-order valence-corrected chi connectivity index (χ4v) is 1.51. The summed E-state index contributed by atoms with van der Waals surface area (Å²) in [4.78, 5) is 11.2. The second kappa shape index (κ2) is 4.61. The Labute approximate surface area is 80.1 Å². The van der Waals surface area contributed by atoms with Crippen LogP contribution in [0.2, 0.25) is 0 Å². The summed E-state index contributed by atoms with van der Waals surface area (Å²) in [7, 11) is 0. The van der Waals surface area contributed by atoms with Gasteiger partial charge in [-0.3, -0.25) is 4.79 Å². The van der Waals surface area contributed by atoms with E-state index in [2.05, 4.69) is 12.2 Å². The van der Waals surface area contributed by atoms with E-state index in [1.807, 2.05) is 0 Å². The molecule has 0 aliphatic heterocycles. The molecule has 0 spiro atoms. The molecule has 0 saturated heterocycles. The Hall–Kier alpha value is -0.570. The minimum atomic E-state index is -0.0815. The van der Waals surface area contributed by atoms with Crippen LogP contribution in [0.1, 0.15) is 45.4 Å². The van der Waals surface area contributed by atoms with Crippen molar-refractivity contribution in [2.45, 2.75) is 51.0 Å². The standard InChI is InChI=1S/C10H20N2O/c1-2-3-5-9(13)12-8-10(11)6-4-7-10/h2-8,11H2,1H3,(H,12,13). The fraction of sp³-hybridized carbons (Fsp3) is 0.900. The second-order valence-corrected chi connectivity index (χ2v) is 4.10. The molecule has 0 aromatic heterocycles. The first-order valence-electron chi connectivity index (χ1n) is 5.22. The monoisotopic (exact) mass is 184 g/mol. The molecule has 3 heteroatoms. The second-order valence-electron chi connectivity index (χ2n) is 4.10. The molecule has 1 saturated carbocycles. The molecule has 1 aliphatic carbocycles. The number of hydrogen-bond donors (Lipinski definition) is 2. The minimum absolute atomic E-state index is 0.0815. The number of amides is 1. The van der Waals surface area contributed by atoms with E-state index in [4.69, 9.17) is 5.73 Å². The lowest BCUT2D eigenvalue weighted by atomic mass is 9.78. The molecular formula is C10H20N2O. The van der Waals surface area contributed by atoms with E-state index in [0.29, 0.717) is 13.0 Å². The van der Waals surface area contributed by atoms with Gasteiger partial charge in [0.05, 0.1) is 0 Å². The van der Waals surface area contributed by atoms with Crippen molar-refractivity contribution in [3.63, 3.8) is 0 Å². The van der Waals surface area contributed by atoms with E-state index >= 15 is 0 Å². The van der Waals surface area contributed by atoms with Gasteiger partial charge < -0.3 is 11.1 Å². The van der Waals surface area contributed by atoms with Crippen molar-refractivity contribution < 1.29 is 4.79 Å². The van der Waals surface area contributed by atoms with Gasteiger partial charge in [-0.2, -0.15) is 0 Å². The van der Waals surface area contributed by atoms with E-state index in [1.165, 1.54) is 6.42 Å². The third-order valence-electron chi connectivity index (χ3n) is 2.74. The summed E-state index contributed by atoms with van der Waals surface area (Å²) in [5, 5.41) is 2.90. The van der Waals surface area contributed by atoms with E-state index < -0.39 is 0 Å². The zero-order valence-corrected chi connectivity index (χ0v) is 8.44. The molecule has 0 bridgehead atoms. The fourth-order valence-electron chi connectivity index (χ4n) is 1.51. The first-order valence-corrected chi connectivity index (χ1v) is 5.22. The molecule has 1 aliphatic rings. The Balaban J connectivity index is 2.07. The average Bonchev–Trinajstić information content (AvgIpc) is 2.08. The van der Waals surface area contributed by atoms with Gasteiger partial charge in [-0.05, 0) is 25.7 Å². The first-order chi connectivity index (χ1) is 6.16. The maximum atomic E-state index is 11.2. The molecule has 0 unspecified atom stereocenters. The highest BCUT2D eigenvalue weighted by atomic mass is 16.1. The van der Waals surface area contributed by atoms with E-state index in [-0.39, 0.29) is 11.4 Å². The summed E-state index contributed by atoms with van der Waals surface area (Å²) in [6.45, 7) is 2.75. The van der Waals surface area contributed by atoms with Crippen molar-refractivity contribution in [2.75, 3.05) is 6.54 Å². The Morgan fingerprint density at radius 3 is 2.69 bits per heavy atom. The van der Waals surface area contributed by atoms with E-state index in [9.17, 15) is 4.79 Å². The topological polar surface area (TPSA) is 55.1 Å². The Kier molecular flexibility index (Phi) is 3.72. The lowest BCUT2D eigenvalue weighted by molar-refractivity contribution is -0.121. The van der Waals surface area contributed by atoms with Gasteiger partial charge >= 0.3 is 0 Å². The molecule has 1 rings (SSSR count). The predicted octanol–water partition coefficient (Wildman–Crippen LogP) is 1.17. The van der Waals surface area contributed by atoms with Gasteiger partial charge in [0, 0.05) is 18.5 Å². The molecule has 0 heterocycles. The summed E-state index contributed by atoms with van der Waals surface area (Å²) in [5.74, 6) is 0.151. The van der Waals surface area contributed by atoms with Crippen LogP contribution in [0.25, 0.3) is 0 Å². The van der Waals surface area contributed by atoms with Crippen molar-refractivity contribution in [1.82, 2.24) is 5.32 Å². The number of carbonyl (C=O) groups excluding carboxylic acids is 1. The zero-order chi connectivity index (χ0) is 9.73. The van der Waals surface area contributed by atoms with Gasteiger partial charge in [-0.1, -0.05) is 13.3 Å². The normalized spacial score (nSPS) is 19.2. The molecule has 1 amide bonds. The Morgan fingerprint density at radius 1 is 1.54 bits per heavy atom. The number of nitrogens with two attached hydrogens (primary N) is 1. The number of nitrogens with one attached hydrogen (secondary N) is 1. The van der Waals surface area contributed by atoms with Crippen LogP contribution in [0, 0.1) is 0 Å². The smallest absolute Gasteiger partial charge is 0.220 e. The molecule has 1 fully saturated rings. The summed E-state index contributed by atoms with van der Waals surface area (Å²) in [5.41, 5.74) is 5.88. The summed E-state index contributed by atoms with van der Waals surface area (Å²) in [6, 6.07) is 0. The Morgan fingerprint density at radius 2 is 2.23 bits per heavy atom. The number of hydrogen-bond acceptors (Lipinski definition) is 2. The quantitative estimate of drug-likeness (QED) is 0.674. The van der Waals surface area contributed by atoms with Gasteiger partial charge in [0.2, 0.25) is 5.91 Å². The molecule has 13 heavy (non-hydrogen) atoms. The summed E-state index contributed by atoms with van der Waals surface area (Å²) < 4.78 is 0. The highest BCUT2D eigenvalue weighted by Gasteiger charge is 2.32. The first kappa shape index (κ1) is 10.5. The lowest BCUT2D eigenvalue weighted by Crippen LogP contribution is -2.54. The highest BCUT2D eigenvalue weighted by molar-refractivity contribution is 5.75. The van der Waals surface area contributed by atoms with Gasteiger partial charge in [0.25, 0.3) is 0 Å². The van der Waals surface area contributed by atoms with Crippen LogP contribution in [0.5, 0.6) is 0 Å². The Bertz CT molecular complexity index is 176. The molecule has 0 radical (unpaired) electrons. The van der Waals surface area contributed by atoms with Crippen LogP contribution in [-0.4, -0.2) is 18.0 Å². The maximum absolute atomic E-state index is 11.2. The van der Waals surface area contributed by atoms with Crippen LogP contribution in [0.4, 0.5) is 0 Å². The molecule has 3 N–H and O–H groups in total. The number of rotatable bonds is 5. The van der Waals surface area contributed by atoms with Crippen LogP contribution in [-0.2, 0) is 4.79 Å². The van der Waals surface area contributed by atoms with Crippen molar-refractivity contribution in [1.29, 1.82) is 0 Å². The van der Waals surface area contributed by atoms with Crippen molar-refractivity contribution in [3.8, 4) is 0 Å². The maximum Gasteiger partial charge on any atom is 0.220 e. The van der Waals surface area contributed by atoms with Crippen molar-refractivity contribution in [3.05, 3.63) is 0 Å². The lowest BCUT2D eigenvalue weighted by Gasteiger charge is -2.38. The van der Waals surface area contributed by atoms with Gasteiger partial charge in [0.15, 0.2) is 0 Å². The van der Waals surface area contributed by atoms with Crippen LogP contribution in [0.3, 0.4) is 0 Å².